The van der Waals surface area contributed by atoms with Gasteiger partial charge >= 0.3 is 0 Å². The third-order valence-corrected chi connectivity index (χ3v) is 8.62. The van der Waals surface area contributed by atoms with Gasteiger partial charge in [0, 0.05) is 24.7 Å². The smallest absolute Gasteiger partial charge is 0.277 e. The van der Waals surface area contributed by atoms with E-state index in [1.807, 2.05) is 76.0 Å². The number of amidine groups is 1. The van der Waals surface area contributed by atoms with Gasteiger partial charge in [-0.25, -0.2) is 4.98 Å². The maximum Gasteiger partial charge on any atom is 0.277 e. The molecule has 3 aromatic rings. The molecular weight excluding hydrogens is 498 g/mol. The number of aliphatic hydroxyl groups excluding tert-OH is 1. The Labute approximate surface area is 228 Å². The number of hydrogen-bond donors (Lipinski definition) is 2. The summed E-state index contributed by atoms with van der Waals surface area (Å²) in [7, 11) is 2.72. The Morgan fingerprint density at radius 1 is 1.32 bits per heavy atom. The van der Waals surface area contributed by atoms with E-state index >= 15 is 0 Å². The highest BCUT2D eigenvalue weighted by Crippen LogP contribution is 2.35. The van der Waals surface area contributed by atoms with E-state index in [-0.39, 0.29) is 24.3 Å². The monoisotopic (exact) mass is 530 g/mol. The number of aliphatic hydroxyl groups is 1. The molecule has 1 saturated heterocycles. The molecular formula is C26H32B2N6O3S. The van der Waals surface area contributed by atoms with Gasteiger partial charge in [-0.2, -0.15) is 10.1 Å². The molecule has 0 bridgehead atoms. The van der Waals surface area contributed by atoms with Crippen molar-refractivity contribution in [3.63, 3.8) is 0 Å². The van der Waals surface area contributed by atoms with Gasteiger partial charge in [0.1, 0.15) is 11.4 Å². The van der Waals surface area contributed by atoms with Crippen molar-refractivity contribution in [3.8, 4) is 10.4 Å². The van der Waals surface area contributed by atoms with Crippen molar-refractivity contribution in [3.05, 3.63) is 59.0 Å². The molecule has 12 heteroatoms. The fraction of sp³-hybridized carbons (Fsp3) is 0.423. The molecule has 1 fully saturated rings. The first-order valence-electron chi connectivity index (χ1n) is 13.1. The molecule has 2 aromatic heterocycles. The number of aromatic nitrogens is 3. The lowest BCUT2D eigenvalue weighted by molar-refractivity contribution is -0.134. The zero-order valence-electron chi connectivity index (χ0n) is 22.4. The number of carbonyl (C=O) groups is 2. The van der Waals surface area contributed by atoms with Crippen LogP contribution in [-0.4, -0.2) is 76.1 Å². The molecule has 38 heavy (non-hydrogen) atoms. The summed E-state index contributed by atoms with van der Waals surface area (Å²) in [5.41, 5.74) is 4.43. The van der Waals surface area contributed by atoms with Crippen LogP contribution < -0.4 is 5.32 Å². The standard InChI is InChI=1S/C26H32B2N6O3S/c1-14(2)21(17-10-30-34(11-17)28-27)24(36)33-12-19(35)9-20(33)23-31-25(37)26(4,32-23)18-7-5-16(6-8-18)22-15(3)29-13-38-22/h5-8,10-11,13-14,19-21,28,35H,9,12,27H2,1-4H3,(H,31,32,37). The summed E-state index contributed by atoms with van der Waals surface area (Å²) in [6, 6.07) is 7.35. The van der Waals surface area contributed by atoms with Crippen LogP contribution in [0.1, 0.15) is 49.9 Å². The van der Waals surface area contributed by atoms with Crippen LogP contribution in [0.4, 0.5) is 0 Å². The van der Waals surface area contributed by atoms with Gasteiger partial charge in [-0.1, -0.05) is 38.1 Å². The predicted molar refractivity (Wildman–Crippen MR) is 152 cm³/mol. The fourth-order valence-corrected chi connectivity index (χ4v) is 6.28. The number of amides is 2. The van der Waals surface area contributed by atoms with Crippen molar-refractivity contribution in [2.75, 3.05) is 6.54 Å². The lowest BCUT2D eigenvalue weighted by atomic mass is 9.67. The van der Waals surface area contributed by atoms with Gasteiger partial charge in [0.25, 0.3) is 5.91 Å². The SMILES string of the molecule is BBn1cc(C(C(=O)N2CC(O)CC2C2=NC(=O)C(C)(c3ccc(-c4scnc4C)cc3)N2)C(C)C)cn1. The first-order valence-corrected chi connectivity index (χ1v) is 13.9. The number of hydrogen-bond acceptors (Lipinski definition) is 7. The van der Waals surface area contributed by atoms with E-state index in [0.29, 0.717) is 12.3 Å². The van der Waals surface area contributed by atoms with E-state index in [2.05, 4.69) is 20.4 Å². The van der Waals surface area contributed by atoms with Gasteiger partial charge in [0.05, 0.1) is 48.1 Å². The lowest BCUT2D eigenvalue weighted by Gasteiger charge is -2.31. The summed E-state index contributed by atoms with van der Waals surface area (Å²) in [5.74, 6) is -0.354. The van der Waals surface area contributed by atoms with E-state index in [9.17, 15) is 14.7 Å². The van der Waals surface area contributed by atoms with Crippen molar-refractivity contribution in [2.24, 2.45) is 10.9 Å². The number of benzene rings is 1. The number of thiazole rings is 1. The highest BCUT2D eigenvalue weighted by Gasteiger charge is 2.48. The zero-order chi connectivity index (χ0) is 27.2. The molecule has 196 valence electrons. The second-order valence-corrected chi connectivity index (χ2v) is 11.5. The number of aryl methyl sites for hydroxylation is 1. The lowest BCUT2D eigenvalue weighted by Crippen LogP contribution is -2.51. The Balaban J connectivity index is 1.39. The van der Waals surface area contributed by atoms with Crippen LogP contribution in [0.5, 0.6) is 0 Å². The zero-order valence-corrected chi connectivity index (χ0v) is 23.2. The molecule has 4 unspecified atom stereocenters. The van der Waals surface area contributed by atoms with Gasteiger partial charge in [-0.15, -0.1) is 11.3 Å². The van der Waals surface area contributed by atoms with Crippen LogP contribution in [0.3, 0.4) is 0 Å². The minimum Gasteiger partial charge on any atom is -0.391 e. The van der Waals surface area contributed by atoms with Crippen molar-refractivity contribution in [2.45, 2.75) is 57.7 Å². The average molecular weight is 530 g/mol. The molecule has 2 aliphatic rings. The molecule has 2 amide bonds. The first kappa shape index (κ1) is 26.4. The van der Waals surface area contributed by atoms with Crippen molar-refractivity contribution in [1.29, 1.82) is 0 Å². The third kappa shape index (κ3) is 4.60. The van der Waals surface area contributed by atoms with Crippen molar-refractivity contribution in [1.82, 2.24) is 24.9 Å². The van der Waals surface area contributed by atoms with E-state index in [1.165, 1.54) is 0 Å². The summed E-state index contributed by atoms with van der Waals surface area (Å²) in [6.45, 7) is 8.01. The van der Waals surface area contributed by atoms with Crippen molar-refractivity contribution < 1.29 is 14.7 Å². The van der Waals surface area contributed by atoms with Gasteiger partial charge in [0.15, 0.2) is 0 Å². The number of rotatable bonds is 7. The number of nitrogens with one attached hydrogen (secondary N) is 1. The molecule has 5 rings (SSSR count). The Morgan fingerprint density at radius 3 is 2.66 bits per heavy atom. The predicted octanol–water partition coefficient (Wildman–Crippen LogP) is 1.21. The Morgan fingerprint density at radius 2 is 2.05 bits per heavy atom. The molecule has 0 radical (unpaired) electrons. The second kappa shape index (κ2) is 10.1. The molecule has 2 aliphatic heterocycles. The summed E-state index contributed by atoms with van der Waals surface area (Å²) in [6.07, 6.45) is 3.29. The molecule has 0 spiro atoms. The largest absolute Gasteiger partial charge is 0.391 e. The van der Waals surface area contributed by atoms with E-state index in [1.54, 1.807) is 22.4 Å². The summed E-state index contributed by atoms with van der Waals surface area (Å²) < 4.78 is 1.81. The molecule has 2 N–H and O–H groups in total. The van der Waals surface area contributed by atoms with E-state index in [4.69, 9.17) is 0 Å². The Kier molecular flexibility index (Phi) is 7.04. The minimum atomic E-state index is -1.06. The first-order chi connectivity index (χ1) is 18.1. The molecule has 9 nitrogen and oxygen atoms in total. The third-order valence-electron chi connectivity index (χ3n) is 7.64. The van der Waals surface area contributed by atoms with Gasteiger partial charge < -0.3 is 19.9 Å². The van der Waals surface area contributed by atoms with Crippen LogP contribution in [0.15, 0.2) is 47.2 Å². The summed E-state index contributed by atoms with van der Waals surface area (Å²) in [5, 5.41) is 18.3. The van der Waals surface area contributed by atoms with Crippen LogP contribution in [0.25, 0.3) is 10.4 Å². The van der Waals surface area contributed by atoms with E-state index < -0.39 is 23.6 Å². The van der Waals surface area contributed by atoms with Crippen molar-refractivity contribution >= 4 is 44.0 Å². The summed E-state index contributed by atoms with van der Waals surface area (Å²) in [4.78, 5) is 38.6. The summed E-state index contributed by atoms with van der Waals surface area (Å²) >= 11 is 1.58. The van der Waals surface area contributed by atoms with Crippen LogP contribution >= 0.6 is 11.3 Å². The van der Waals surface area contributed by atoms with Crippen LogP contribution in [0.2, 0.25) is 0 Å². The minimum absolute atomic E-state index is 0.0291. The number of β-amino-alcohol motifs (C(OH)–C–C–N with tert-alkyl or cyclic N) is 1. The molecule has 1 aromatic carbocycles. The van der Waals surface area contributed by atoms with Gasteiger partial charge in [-0.3, -0.25) is 9.59 Å². The normalized spacial score (nSPS) is 24.0. The molecule has 0 saturated carbocycles. The Hall–Kier alpha value is -3.24. The topological polar surface area (TPSA) is 113 Å². The number of carbonyl (C=O) groups excluding carboxylic acids is 2. The molecule has 0 aliphatic carbocycles. The highest BCUT2D eigenvalue weighted by molar-refractivity contribution is 7.13. The molecule has 4 atom stereocenters. The number of nitrogens with zero attached hydrogens (tertiary/aromatic N) is 5. The van der Waals surface area contributed by atoms with Gasteiger partial charge in [0.2, 0.25) is 13.2 Å². The number of likely N-dealkylation sites (tertiary alicyclic amines) is 1. The van der Waals surface area contributed by atoms with Gasteiger partial charge in [-0.05, 0) is 30.9 Å². The molecule has 4 heterocycles. The maximum absolute atomic E-state index is 13.9. The van der Waals surface area contributed by atoms with Crippen LogP contribution in [-0.2, 0) is 15.1 Å². The van der Waals surface area contributed by atoms with Crippen LogP contribution in [0, 0.1) is 12.8 Å². The average Bonchev–Trinajstić information content (AvgIpc) is 3.67. The quantitative estimate of drug-likeness (QED) is 0.445. The maximum atomic E-state index is 13.9. The van der Waals surface area contributed by atoms with E-state index in [0.717, 1.165) is 34.6 Å². The number of aliphatic imine (C=N–C) groups is 1. The highest BCUT2D eigenvalue weighted by atomic mass is 32.1. The second-order valence-electron chi connectivity index (χ2n) is 10.6. The fourth-order valence-electron chi connectivity index (χ4n) is 5.47. The Bertz CT molecular complexity index is 1390.